The van der Waals surface area contributed by atoms with E-state index < -0.39 is 0 Å². The third-order valence-electron chi connectivity index (χ3n) is 4.80. The van der Waals surface area contributed by atoms with Crippen molar-refractivity contribution in [2.75, 3.05) is 11.1 Å². The van der Waals surface area contributed by atoms with Crippen LogP contribution in [0.5, 0.6) is 0 Å². The number of hydrogen-bond donors (Lipinski definition) is 2. The predicted octanol–water partition coefficient (Wildman–Crippen LogP) is 5.48. The maximum Gasteiger partial charge on any atom is 0.268 e. The van der Waals surface area contributed by atoms with E-state index in [9.17, 15) is 4.79 Å². The maximum atomic E-state index is 13.0. The van der Waals surface area contributed by atoms with Crippen LogP contribution in [0.1, 0.15) is 36.9 Å². The van der Waals surface area contributed by atoms with Gasteiger partial charge in [-0.1, -0.05) is 38.4 Å². The number of fused-ring (bicyclic) bond motifs is 1. The Bertz CT molecular complexity index is 1260. The minimum Gasteiger partial charge on any atom is -0.368 e. The molecule has 3 aromatic heterocycles. The Morgan fingerprint density at radius 2 is 2.00 bits per heavy atom. The number of amides is 1. The van der Waals surface area contributed by atoms with E-state index in [1.807, 2.05) is 22.8 Å². The number of nitrogens with one attached hydrogen (secondary N) is 1. The van der Waals surface area contributed by atoms with Crippen molar-refractivity contribution in [1.82, 2.24) is 19.5 Å². The number of carbonyl (C=O) groups excluding carboxylic acids is 1. The summed E-state index contributed by atoms with van der Waals surface area (Å²) in [5.74, 6) is 0.446. The Morgan fingerprint density at radius 1 is 1.19 bits per heavy atom. The van der Waals surface area contributed by atoms with Gasteiger partial charge in [0.05, 0.1) is 26.0 Å². The van der Waals surface area contributed by atoms with Crippen molar-refractivity contribution in [3.05, 3.63) is 52.5 Å². The van der Waals surface area contributed by atoms with Crippen LogP contribution in [0.3, 0.4) is 0 Å². The lowest BCUT2D eigenvalue weighted by atomic mass is 9.92. The average Bonchev–Trinajstić information content (AvgIpc) is 3.32. The first-order valence-corrected chi connectivity index (χ1v) is 11.1. The molecule has 4 rings (SSSR count). The van der Waals surface area contributed by atoms with Gasteiger partial charge in [-0.05, 0) is 42.2 Å². The van der Waals surface area contributed by atoms with Gasteiger partial charge in [-0.3, -0.25) is 10.1 Å². The van der Waals surface area contributed by atoms with Gasteiger partial charge in [0.15, 0.2) is 0 Å². The van der Waals surface area contributed by atoms with E-state index in [-0.39, 0.29) is 17.3 Å². The second-order valence-corrected chi connectivity index (χ2v) is 9.91. The fourth-order valence-electron chi connectivity index (χ4n) is 3.15. The number of anilines is 2. The number of rotatable bonds is 5. The van der Waals surface area contributed by atoms with Crippen LogP contribution < -0.4 is 11.1 Å². The largest absolute Gasteiger partial charge is 0.368 e. The highest BCUT2D eigenvalue weighted by Gasteiger charge is 2.19. The van der Waals surface area contributed by atoms with E-state index in [1.165, 1.54) is 11.3 Å². The van der Waals surface area contributed by atoms with Crippen molar-refractivity contribution in [1.29, 1.82) is 0 Å². The average molecular weight is 455 g/mol. The third kappa shape index (κ3) is 4.70. The molecule has 0 aliphatic heterocycles. The van der Waals surface area contributed by atoms with Gasteiger partial charge in [-0.15, -0.1) is 11.3 Å². The summed E-state index contributed by atoms with van der Waals surface area (Å²) in [6.45, 7) is 7.27. The quantitative estimate of drug-likeness (QED) is 0.416. The Balaban J connectivity index is 1.63. The molecule has 9 heteroatoms. The molecule has 0 aliphatic rings. The number of aromatic nitrogens is 4. The summed E-state index contributed by atoms with van der Waals surface area (Å²) in [4.78, 5) is 27.1. The van der Waals surface area contributed by atoms with Crippen LogP contribution in [0.25, 0.3) is 21.6 Å². The number of aryl methyl sites for hydroxylation is 1. The summed E-state index contributed by atoms with van der Waals surface area (Å²) in [7, 11) is 0. The first kappa shape index (κ1) is 21.3. The lowest BCUT2D eigenvalue weighted by Gasteiger charge is -2.19. The monoisotopic (exact) mass is 454 g/mol. The smallest absolute Gasteiger partial charge is 0.268 e. The minimum atomic E-state index is -0.235. The van der Waals surface area contributed by atoms with Crippen molar-refractivity contribution in [3.8, 4) is 10.6 Å². The molecule has 0 unspecified atom stereocenters. The summed E-state index contributed by atoms with van der Waals surface area (Å²) >= 11 is 7.70. The highest BCUT2D eigenvalue weighted by molar-refractivity contribution is 7.17. The van der Waals surface area contributed by atoms with Crippen molar-refractivity contribution in [2.24, 2.45) is 5.41 Å². The SMILES string of the molecule is CC(C)(C)CCn1c(NC(=O)c2ccc(-c3ccnc(N)n3)s2)nc2c(Cl)cccc21. The van der Waals surface area contributed by atoms with Crippen LogP contribution in [0.15, 0.2) is 42.6 Å². The summed E-state index contributed by atoms with van der Waals surface area (Å²) in [5.41, 5.74) is 8.07. The van der Waals surface area contributed by atoms with Gasteiger partial charge in [-0.2, -0.15) is 0 Å². The molecule has 0 saturated heterocycles. The van der Waals surface area contributed by atoms with Crippen molar-refractivity contribution < 1.29 is 4.79 Å². The fraction of sp³-hybridized carbons (Fsp3) is 0.273. The fourth-order valence-corrected chi connectivity index (χ4v) is 4.24. The number of nitrogens with two attached hydrogens (primary N) is 1. The number of thiophene rings is 1. The van der Waals surface area contributed by atoms with Crippen LogP contribution in [0.2, 0.25) is 5.02 Å². The van der Waals surface area contributed by atoms with Crippen molar-refractivity contribution >= 4 is 51.8 Å². The zero-order valence-corrected chi connectivity index (χ0v) is 19.1. The first-order valence-electron chi connectivity index (χ1n) is 9.86. The number of nitrogens with zero attached hydrogens (tertiary/aromatic N) is 4. The molecular weight excluding hydrogens is 432 g/mol. The van der Waals surface area contributed by atoms with Gasteiger partial charge in [0, 0.05) is 12.7 Å². The number of halogens is 1. The standard InChI is InChI=1S/C22H23ClN6OS/c1-22(2,3)10-12-29-15-6-4-5-13(23)18(15)27-21(29)28-19(30)17-8-7-16(31-17)14-9-11-25-20(24)26-14/h4-9,11H,10,12H2,1-3H3,(H2,24,25,26)(H,27,28,30). The first-order chi connectivity index (χ1) is 14.7. The van der Waals surface area contributed by atoms with Gasteiger partial charge in [0.1, 0.15) is 5.52 Å². The third-order valence-corrected chi connectivity index (χ3v) is 6.21. The minimum absolute atomic E-state index is 0.137. The number of hydrogen-bond acceptors (Lipinski definition) is 6. The summed E-state index contributed by atoms with van der Waals surface area (Å²) in [6, 6.07) is 11.0. The van der Waals surface area contributed by atoms with Gasteiger partial charge < -0.3 is 10.3 Å². The van der Waals surface area contributed by atoms with Crippen LogP contribution in [0.4, 0.5) is 11.9 Å². The van der Waals surface area contributed by atoms with Gasteiger partial charge >= 0.3 is 0 Å². The molecule has 0 atom stereocenters. The van der Waals surface area contributed by atoms with Gasteiger partial charge in [-0.25, -0.2) is 15.0 Å². The van der Waals surface area contributed by atoms with Crippen LogP contribution in [-0.2, 0) is 6.54 Å². The molecule has 160 valence electrons. The Hall–Kier alpha value is -2.97. The molecule has 3 N–H and O–H groups in total. The highest BCUT2D eigenvalue weighted by atomic mass is 35.5. The molecular formula is C22H23ClN6OS. The number of carbonyl (C=O) groups is 1. The molecule has 3 heterocycles. The van der Waals surface area contributed by atoms with E-state index in [2.05, 4.69) is 41.0 Å². The second kappa shape index (κ2) is 8.28. The lowest BCUT2D eigenvalue weighted by Crippen LogP contribution is -2.17. The van der Waals surface area contributed by atoms with Gasteiger partial charge in [0.2, 0.25) is 11.9 Å². The molecule has 0 spiro atoms. The number of imidazole rings is 1. The molecule has 31 heavy (non-hydrogen) atoms. The topological polar surface area (TPSA) is 98.7 Å². The van der Waals surface area contributed by atoms with Crippen LogP contribution >= 0.6 is 22.9 Å². The number of nitrogen functional groups attached to an aromatic ring is 1. The van der Waals surface area contributed by atoms with E-state index in [1.54, 1.807) is 24.4 Å². The van der Waals surface area contributed by atoms with E-state index >= 15 is 0 Å². The predicted molar refractivity (Wildman–Crippen MR) is 127 cm³/mol. The molecule has 0 fully saturated rings. The molecule has 0 saturated carbocycles. The normalized spacial score (nSPS) is 11.7. The lowest BCUT2D eigenvalue weighted by molar-refractivity contribution is 0.102. The molecule has 7 nitrogen and oxygen atoms in total. The van der Waals surface area contributed by atoms with Gasteiger partial charge in [0.25, 0.3) is 5.91 Å². The number of para-hydroxylation sites is 1. The molecule has 4 aromatic rings. The Morgan fingerprint density at radius 3 is 2.74 bits per heavy atom. The summed E-state index contributed by atoms with van der Waals surface area (Å²) < 4.78 is 2.02. The zero-order chi connectivity index (χ0) is 22.2. The number of benzene rings is 1. The second-order valence-electron chi connectivity index (χ2n) is 8.42. The molecule has 1 aromatic carbocycles. The van der Waals surface area contributed by atoms with E-state index in [4.69, 9.17) is 17.3 Å². The van der Waals surface area contributed by atoms with Crippen molar-refractivity contribution in [3.63, 3.8) is 0 Å². The summed E-state index contributed by atoms with van der Waals surface area (Å²) in [6.07, 6.45) is 2.52. The Kier molecular flexibility index (Phi) is 5.68. The Labute approximate surface area is 189 Å². The van der Waals surface area contributed by atoms with Crippen molar-refractivity contribution in [2.45, 2.75) is 33.7 Å². The van der Waals surface area contributed by atoms with E-state index in [0.717, 1.165) is 16.8 Å². The zero-order valence-electron chi connectivity index (χ0n) is 17.5. The maximum absolute atomic E-state index is 13.0. The molecule has 0 radical (unpaired) electrons. The van der Waals surface area contributed by atoms with Crippen LogP contribution in [0, 0.1) is 5.41 Å². The highest BCUT2D eigenvalue weighted by Crippen LogP contribution is 2.30. The molecule has 1 amide bonds. The summed E-state index contributed by atoms with van der Waals surface area (Å²) in [5, 5.41) is 3.52. The van der Waals surface area contributed by atoms with E-state index in [0.29, 0.717) is 33.6 Å². The van der Waals surface area contributed by atoms with Crippen LogP contribution in [-0.4, -0.2) is 25.4 Å². The molecule has 0 bridgehead atoms. The molecule has 0 aliphatic carbocycles.